The van der Waals surface area contributed by atoms with Crippen molar-refractivity contribution >= 4 is 48.4 Å². The quantitative estimate of drug-likeness (QED) is 0.163. The molecule has 0 aromatic heterocycles. The zero-order valence-electron chi connectivity index (χ0n) is 31.7. The zero-order valence-corrected chi connectivity index (χ0v) is 37.9. The Bertz CT molecular complexity index is 1990. The molecular weight excluding hydrogens is 747 g/mol. The van der Waals surface area contributed by atoms with Crippen LogP contribution < -0.4 is 5.19 Å². The molecular formula is C44H55Cl2Si2Zr. The Kier molecular flexibility index (Phi) is 9.62. The molecule has 0 nitrogen and oxygen atoms in total. The molecule has 0 bridgehead atoms. The standard InChI is InChI=1S/C22H25.C20H23Si.C2H7Si.2ClH.Zr/c1-15(2)18-13-17-7-6-8-20(21(17)14-18)16-9-11-19(12-10-16)22(3,4)5;1-14-12-19-15(2)6-11-18(20(19)13-14)16-7-9-17(10-8-16)21(3,4)5;1-3-2;;;/h6-15H,1-5H3;6-13H,1-5H3;3H,1-2H3;2*1H;/q;;;;;+2/p-2. The van der Waals surface area contributed by atoms with Crippen LogP contribution >= 0.6 is 17.0 Å². The van der Waals surface area contributed by atoms with Crippen LogP contribution in [0.1, 0.15) is 82.2 Å². The molecule has 0 heterocycles. The first-order valence-electron chi connectivity index (χ1n) is 18.2. The van der Waals surface area contributed by atoms with Gasteiger partial charge in [0.25, 0.3) is 0 Å². The first-order chi connectivity index (χ1) is 22.7. The first-order valence-corrected chi connectivity index (χ1v) is 38.0. The predicted molar refractivity (Wildman–Crippen MR) is 223 cm³/mol. The molecule has 0 saturated carbocycles. The molecule has 6 rings (SSSR count). The third-order valence-corrected chi connectivity index (χ3v) is 65.7. The normalized spacial score (nSPS) is 18.7. The van der Waals surface area contributed by atoms with Crippen LogP contribution in [0.4, 0.5) is 0 Å². The molecule has 0 spiro atoms. The molecule has 0 fully saturated rings. The summed E-state index contributed by atoms with van der Waals surface area (Å²) in [5.41, 5.74) is 16.1. The van der Waals surface area contributed by atoms with E-state index in [4.69, 9.17) is 17.0 Å². The van der Waals surface area contributed by atoms with Crippen molar-refractivity contribution < 1.29 is 15.6 Å². The third kappa shape index (κ3) is 6.16. The monoisotopic (exact) mass is 799 g/mol. The van der Waals surface area contributed by atoms with Crippen LogP contribution in [0.25, 0.3) is 34.4 Å². The molecule has 0 N–H and O–H groups in total. The molecule has 0 amide bonds. The van der Waals surface area contributed by atoms with Crippen molar-refractivity contribution in [1.29, 1.82) is 0 Å². The second-order valence-corrected chi connectivity index (χ2v) is 65.2. The number of benzene rings is 4. The molecule has 257 valence electrons. The Morgan fingerprint density at radius 3 is 1.82 bits per heavy atom. The summed E-state index contributed by atoms with van der Waals surface area (Å²) < 4.78 is 0.166. The summed E-state index contributed by atoms with van der Waals surface area (Å²) in [5, 5.41) is 1.49. The van der Waals surface area contributed by atoms with Gasteiger partial charge in [-0.25, -0.2) is 0 Å². The summed E-state index contributed by atoms with van der Waals surface area (Å²) >= 11 is -4.86. The number of aryl methyl sites for hydroxylation is 1. The van der Waals surface area contributed by atoms with E-state index < -0.39 is 29.6 Å². The summed E-state index contributed by atoms with van der Waals surface area (Å²) in [6.07, 6.45) is 4.94. The van der Waals surface area contributed by atoms with Gasteiger partial charge in [-0.05, 0) is 0 Å². The molecule has 2 aliphatic carbocycles. The molecule has 0 saturated heterocycles. The minimum absolute atomic E-state index is 0.0821. The molecule has 0 radical (unpaired) electrons. The molecule has 4 aromatic rings. The molecule has 2 unspecified atom stereocenters. The SMILES string of the molecule is CC1=Cc2c(-c3ccc([Si](C)(C)C)cc3)ccc(C)c2[CH]1[Zr]([Cl])([Cl])([CH]1C(C(C)C)=Cc2c(-c3ccc(C(C)(C)C)cc3)cccc21)[SiH](C)C. The van der Waals surface area contributed by atoms with Gasteiger partial charge >= 0.3 is 309 Å². The van der Waals surface area contributed by atoms with Crippen LogP contribution in [0, 0.1) is 12.8 Å². The van der Waals surface area contributed by atoms with Gasteiger partial charge in [-0.2, -0.15) is 0 Å². The van der Waals surface area contributed by atoms with Crippen LogP contribution in [-0.4, -0.2) is 14.0 Å². The molecule has 0 aliphatic heterocycles. The summed E-state index contributed by atoms with van der Waals surface area (Å²) in [7, 11) is 16.0. The molecule has 5 heteroatoms. The van der Waals surface area contributed by atoms with E-state index in [2.05, 4.69) is 172 Å². The predicted octanol–water partition coefficient (Wildman–Crippen LogP) is 13.4. The number of allylic oxidation sites excluding steroid dienone is 2. The maximum atomic E-state index is 8.70. The van der Waals surface area contributed by atoms with E-state index in [-0.39, 0.29) is 12.7 Å². The fourth-order valence-electron chi connectivity index (χ4n) is 8.71. The van der Waals surface area contributed by atoms with Crippen molar-refractivity contribution in [1.82, 2.24) is 0 Å². The fourth-order valence-corrected chi connectivity index (χ4v) is 42.1. The van der Waals surface area contributed by atoms with Crippen molar-refractivity contribution in [2.45, 2.75) is 93.9 Å². The van der Waals surface area contributed by atoms with Gasteiger partial charge in [0.1, 0.15) is 0 Å². The second-order valence-electron chi connectivity index (χ2n) is 17.7. The fraction of sp³-hybridized carbons (Fsp3) is 0.364. The minimum atomic E-state index is -4.86. The van der Waals surface area contributed by atoms with E-state index in [1.54, 1.807) is 0 Å². The van der Waals surface area contributed by atoms with E-state index >= 15 is 0 Å². The Balaban J connectivity index is 1.54. The van der Waals surface area contributed by atoms with E-state index in [0.717, 1.165) is 0 Å². The Hall–Kier alpha value is -1.74. The van der Waals surface area contributed by atoms with Crippen molar-refractivity contribution in [2.24, 2.45) is 5.92 Å². The summed E-state index contributed by atoms with van der Waals surface area (Å²) in [4.78, 5) is 0. The van der Waals surface area contributed by atoms with Gasteiger partial charge in [-0.1, -0.05) is 0 Å². The number of halogens is 2. The van der Waals surface area contributed by atoms with Gasteiger partial charge in [0.15, 0.2) is 0 Å². The van der Waals surface area contributed by atoms with Crippen molar-refractivity contribution in [2.75, 3.05) is 0 Å². The van der Waals surface area contributed by atoms with Gasteiger partial charge in [-0.3, -0.25) is 0 Å². The van der Waals surface area contributed by atoms with Crippen molar-refractivity contribution in [3.8, 4) is 22.3 Å². The van der Waals surface area contributed by atoms with Crippen LogP contribution in [0.3, 0.4) is 0 Å². The van der Waals surface area contributed by atoms with Crippen molar-refractivity contribution in [3.05, 3.63) is 123 Å². The van der Waals surface area contributed by atoms with E-state index in [9.17, 15) is 0 Å². The van der Waals surface area contributed by atoms with Crippen LogP contribution in [0.15, 0.2) is 90.0 Å². The summed E-state index contributed by atoms with van der Waals surface area (Å²) in [6.45, 7) is 28.3. The molecule has 2 aliphatic rings. The number of hydrogen-bond donors (Lipinski definition) is 0. The van der Waals surface area contributed by atoms with Gasteiger partial charge in [0, 0.05) is 0 Å². The van der Waals surface area contributed by atoms with Gasteiger partial charge in [-0.15, -0.1) is 0 Å². The second kappa shape index (κ2) is 12.7. The van der Waals surface area contributed by atoms with Crippen LogP contribution in [0.5, 0.6) is 0 Å². The zero-order chi connectivity index (χ0) is 35.9. The topological polar surface area (TPSA) is 0 Å². The van der Waals surface area contributed by atoms with Crippen molar-refractivity contribution in [3.63, 3.8) is 0 Å². The Labute approximate surface area is 306 Å². The number of rotatable bonds is 7. The van der Waals surface area contributed by atoms with Crippen LogP contribution in [0.2, 0.25) is 32.7 Å². The number of hydrogen-bond acceptors (Lipinski definition) is 0. The van der Waals surface area contributed by atoms with Gasteiger partial charge in [0.2, 0.25) is 0 Å². The molecule has 49 heavy (non-hydrogen) atoms. The average Bonchev–Trinajstić information content (AvgIpc) is 3.61. The summed E-state index contributed by atoms with van der Waals surface area (Å²) in [5.74, 6) is -1.30. The van der Waals surface area contributed by atoms with E-state index in [1.165, 1.54) is 72.0 Å². The molecule has 4 aromatic carbocycles. The average molecular weight is 802 g/mol. The van der Waals surface area contributed by atoms with E-state index in [0.29, 0.717) is 5.92 Å². The number of fused-ring (bicyclic) bond motifs is 2. The van der Waals surface area contributed by atoms with Crippen LogP contribution in [-0.2, 0) is 21.0 Å². The van der Waals surface area contributed by atoms with Gasteiger partial charge in [0.05, 0.1) is 0 Å². The molecule has 2 atom stereocenters. The Morgan fingerprint density at radius 2 is 1.29 bits per heavy atom. The summed E-state index contributed by atoms with van der Waals surface area (Å²) in [6, 6.07) is 30.1. The van der Waals surface area contributed by atoms with Gasteiger partial charge < -0.3 is 0 Å². The Morgan fingerprint density at radius 1 is 0.714 bits per heavy atom. The van der Waals surface area contributed by atoms with E-state index in [1.807, 2.05) is 0 Å². The first kappa shape index (κ1) is 37.0. The third-order valence-electron chi connectivity index (χ3n) is 11.7. The maximum absolute atomic E-state index is 8.70.